The molecule has 3 N–H and O–H groups in total. The molecule has 0 spiro atoms. The monoisotopic (exact) mass is 450 g/mol. The molecular formula is C22H19ClN6O3. The first-order chi connectivity index (χ1) is 15.6. The topological polar surface area (TPSA) is 116 Å². The Balaban J connectivity index is 1.52. The first-order valence-corrected chi connectivity index (χ1v) is 10.3. The molecule has 0 saturated carbocycles. The number of methoxy groups -OCH3 is 1. The number of benzene rings is 2. The van der Waals surface area contributed by atoms with Gasteiger partial charge in [-0.3, -0.25) is 5.10 Å². The fraction of sp³-hybridized carbons (Fsp3) is 0.182. The second-order valence-electron chi connectivity index (χ2n) is 7.40. The minimum Gasteiger partial charge on any atom is -0.467 e. The summed E-state index contributed by atoms with van der Waals surface area (Å²) in [4.78, 5) is 22.8. The molecule has 2 aromatic carbocycles. The average Bonchev–Trinajstić information content (AvgIpc) is 3.21. The molecule has 1 atom stereocenters. The Morgan fingerprint density at radius 3 is 2.78 bits per heavy atom. The van der Waals surface area contributed by atoms with Crippen LogP contribution in [0.5, 0.6) is 6.01 Å². The second-order valence-corrected chi connectivity index (χ2v) is 7.83. The Morgan fingerprint density at radius 1 is 1.25 bits per heavy atom. The molecule has 0 saturated heterocycles. The Kier molecular flexibility index (Phi) is 5.12. The standard InChI is InChI=1S/C22H19ClN6O3/c1-32-21-24-8-14(9-25-21)20-16-6-13-10-29(19(11-30)12-3-2-4-15(23)5-12)22(31)26-17(13)7-18(16)27-28-20/h2-9,19,30H,10-11H2,1H3,(H,26,31)(H,27,28)/t19-/m1/s1. The van der Waals surface area contributed by atoms with Gasteiger partial charge in [0.05, 0.1) is 31.8 Å². The first kappa shape index (κ1) is 20.2. The van der Waals surface area contributed by atoms with Crippen molar-refractivity contribution in [3.8, 4) is 17.3 Å². The van der Waals surface area contributed by atoms with Gasteiger partial charge in [-0.05, 0) is 35.4 Å². The van der Waals surface area contributed by atoms with E-state index < -0.39 is 6.04 Å². The van der Waals surface area contributed by atoms with Crippen LogP contribution in [0.15, 0.2) is 48.8 Å². The Labute approximate surface area is 188 Å². The number of amides is 2. The summed E-state index contributed by atoms with van der Waals surface area (Å²) >= 11 is 6.12. The Morgan fingerprint density at radius 2 is 2.06 bits per heavy atom. The smallest absolute Gasteiger partial charge is 0.322 e. The summed E-state index contributed by atoms with van der Waals surface area (Å²) in [6.45, 7) is 0.0874. The van der Waals surface area contributed by atoms with Gasteiger partial charge in [-0.15, -0.1) is 0 Å². The number of ether oxygens (including phenoxy) is 1. The van der Waals surface area contributed by atoms with Gasteiger partial charge in [-0.1, -0.05) is 23.7 Å². The summed E-state index contributed by atoms with van der Waals surface area (Å²) < 4.78 is 5.02. The summed E-state index contributed by atoms with van der Waals surface area (Å²) in [7, 11) is 1.51. The van der Waals surface area contributed by atoms with E-state index in [0.717, 1.165) is 27.6 Å². The van der Waals surface area contributed by atoms with Gasteiger partial charge in [0.2, 0.25) is 0 Å². The van der Waals surface area contributed by atoms with Gasteiger partial charge in [0.15, 0.2) is 0 Å². The number of aromatic amines is 1. The number of carbonyl (C=O) groups is 1. The van der Waals surface area contributed by atoms with E-state index in [1.54, 1.807) is 35.5 Å². The molecule has 0 bridgehead atoms. The number of aliphatic hydroxyl groups excluding tert-OH is 1. The van der Waals surface area contributed by atoms with Crippen molar-refractivity contribution >= 4 is 34.2 Å². The molecule has 2 amide bonds. The molecule has 10 heteroatoms. The van der Waals surface area contributed by atoms with Gasteiger partial charge in [-0.25, -0.2) is 14.8 Å². The SMILES string of the molecule is COc1ncc(-c2n[nH]c3cc4c(cc23)CN([C@H](CO)c2cccc(Cl)c2)C(=O)N4)cn1. The average molecular weight is 451 g/mol. The van der Waals surface area contributed by atoms with Crippen molar-refractivity contribution in [2.45, 2.75) is 12.6 Å². The highest BCUT2D eigenvalue weighted by molar-refractivity contribution is 6.30. The number of hydrogen-bond acceptors (Lipinski definition) is 6. The van der Waals surface area contributed by atoms with Crippen LogP contribution >= 0.6 is 11.6 Å². The number of fused-ring (bicyclic) bond motifs is 2. The van der Waals surface area contributed by atoms with Crippen LogP contribution in [0.4, 0.5) is 10.5 Å². The van der Waals surface area contributed by atoms with Crippen LogP contribution in [0, 0.1) is 0 Å². The number of H-pyrrole nitrogens is 1. The maximum atomic E-state index is 12.9. The number of hydrogen-bond donors (Lipinski definition) is 3. The lowest BCUT2D eigenvalue weighted by Gasteiger charge is -2.35. The molecule has 9 nitrogen and oxygen atoms in total. The minimum absolute atomic E-state index is 0.231. The van der Waals surface area contributed by atoms with Crippen molar-refractivity contribution in [3.05, 3.63) is 64.9 Å². The molecule has 1 aliphatic heterocycles. The van der Waals surface area contributed by atoms with Crippen LogP contribution in [0.1, 0.15) is 17.2 Å². The molecule has 1 aliphatic rings. The minimum atomic E-state index is -0.531. The third-order valence-electron chi connectivity index (χ3n) is 5.50. The summed E-state index contributed by atoms with van der Waals surface area (Å²) in [5, 5.41) is 21.8. The Bertz CT molecular complexity index is 1310. The third kappa shape index (κ3) is 3.51. The van der Waals surface area contributed by atoms with Crippen molar-refractivity contribution < 1.29 is 14.6 Å². The molecule has 5 rings (SSSR count). The quantitative estimate of drug-likeness (QED) is 0.426. The summed E-state index contributed by atoms with van der Waals surface area (Å²) in [5.74, 6) is 0. The zero-order valence-electron chi connectivity index (χ0n) is 17.0. The molecule has 4 aromatic rings. The van der Waals surface area contributed by atoms with Crippen molar-refractivity contribution in [3.63, 3.8) is 0 Å². The zero-order chi connectivity index (χ0) is 22.2. The normalized spacial score (nSPS) is 14.2. The number of anilines is 1. The largest absolute Gasteiger partial charge is 0.467 e. The molecule has 3 heterocycles. The van der Waals surface area contributed by atoms with Crippen LogP contribution in [0.25, 0.3) is 22.2 Å². The van der Waals surface area contributed by atoms with Crippen molar-refractivity contribution in [2.24, 2.45) is 0 Å². The number of aliphatic hydroxyl groups is 1. The van der Waals surface area contributed by atoms with E-state index in [4.69, 9.17) is 16.3 Å². The van der Waals surface area contributed by atoms with Crippen LogP contribution in [-0.2, 0) is 6.54 Å². The molecule has 0 unspecified atom stereocenters. The summed E-state index contributed by atoms with van der Waals surface area (Å²) in [6.07, 6.45) is 3.30. The number of nitrogens with one attached hydrogen (secondary N) is 2. The number of halogens is 1. The van der Waals surface area contributed by atoms with Gasteiger partial charge in [0.1, 0.15) is 5.69 Å². The van der Waals surface area contributed by atoms with Gasteiger partial charge >= 0.3 is 12.0 Å². The van der Waals surface area contributed by atoms with Gasteiger partial charge < -0.3 is 20.1 Å². The predicted octanol–water partition coefficient (Wildman–Crippen LogP) is 3.76. The number of nitrogens with zero attached hydrogens (tertiary/aromatic N) is 4. The second kappa shape index (κ2) is 8.10. The van der Waals surface area contributed by atoms with Crippen LogP contribution < -0.4 is 10.1 Å². The van der Waals surface area contributed by atoms with Gasteiger partial charge in [0, 0.05) is 34.1 Å². The lowest BCUT2D eigenvalue weighted by Crippen LogP contribution is -2.42. The Hall–Kier alpha value is -3.69. The number of aromatic nitrogens is 4. The van der Waals surface area contributed by atoms with Crippen molar-refractivity contribution in [2.75, 3.05) is 19.0 Å². The highest BCUT2D eigenvalue weighted by Gasteiger charge is 2.30. The first-order valence-electron chi connectivity index (χ1n) is 9.88. The van der Waals surface area contributed by atoms with E-state index in [1.807, 2.05) is 18.2 Å². The highest BCUT2D eigenvalue weighted by atomic mass is 35.5. The van der Waals surface area contributed by atoms with E-state index in [1.165, 1.54) is 7.11 Å². The molecule has 162 valence electrons. The maximum Gasteiger partial charge on any atom is 0.322 e. The predicted molar refractivity (Wildman–Crippen MR) is 120 cm³/mol. The van der Waals surface area contributed by atoms with Crippen molar-refractivity contribution in [1.82, 2.24) is 25.1 Å². The van der Waals surface area contributed by atoms with E-state index in [-0.39, 0.29) is 18.6 Å². The summed E-state index contributed by atoms with van der Waals surface area (Å²) in [6, 6.07) is 10.4. The molecule has 0 aliphatic carbocycles. The molecule has 0 radical (unpaired) electrons. The summed E-state index contributed by atoms with van der Waals surface area (Å²) in [5.41, 5.74) is 4.57. The molecule has 2 aromatic heterocycles. The highest BCUT2D eigenvalue weighted by Crippen LogP contribution is 2.35. The van der Waals surface area contributed by atoms with Crippen LogP contribution in [-0.4, -0.2) is 49.9 Å². The fourth-order valence-electron chi connectivity index (χ4n) is 3.91. The maximum absolute atomic E-state index is 12.9. The molecule has 32 heavy (non-hydrogen) atoms. The van der Waals surface area contributed by atoms with Gasteiger partial charge in [-0.2, -0.15) is 5.10 Å². The lowest BCUT2D eigenvalue weighted by atomic mass is 10.0. The third-order valence-corrected chi connectivity index (χ3v) is 5.73. The van der Waals surface area contributed by atoms with Crippen molar-refractivity contribution in [1.29, 1.82) is 0 Å². The molecule has 0 fully saturated rings. The van der Waals surface area contributed by atoms with Crippen LogP contribution in [0.3, 0.4) is 0 Å². The fourth-order valence-corrected chi connectivity index (χ4v) is 4.11. The number of urea groups is 1. The van der Waals surface area contributed by atoms with E-state index in [0.29, 0.717) is 22.9 Å². The molecular weight excluding hydrogens is 432 g/mol. The van der Waals surface area contributed by atoms with E-state index in [2.05, 4.69) is 25.5 Å². The van der Waals surface area contributed by atoms with Crippen LogP contribution in [0.2, 0.25) is 5.02 Å². The van der Waals surface area contributed by atoms with E-state index in [9.17, 15) is 9.90 Å². The number of rotatable bonds is 5. The number of carbonyl (C=O) groups excluding carboxylic acids is 1. The van der Waals surface area contributed by atoms with E-state index >= 15 is 0 Å². The van der Waals surface area contributed by atoms with Gasteiger partial charge in [0.25, 0.3) is 0 Å². The lowest BCUT2D eigenvalue weighted by molar-refractivity contribution is 0.135. The zero-order valence-corrected chi connectivity index (χ0v) is 17.8.